The number of benzene rings is 2. The Bertz CT molecular complexity index is 1150. The highest BCUT2D eigenvalue weighted by atomic mass is 32.1. The van der Waals surface area contributed by atoms with E-state index in [2.05, 4.69) is 5.32 Å². The second kappa shape index (κ2) is 7.44. The van der Waals surface area contributed by atoms with E-state index in [1.165, 1.54) is 23.1 Å². The molecule has 1 saturated heterocycles. The van der Waals surface area contributed by atoms with E-state index >= 15 is 0 Å². The fourth-order valence-electron chi connectivity index (χ4n) is 2.93. The molecular formula is C22H15FN2O3S. The lowest BCUT2D eigenvalue weighted by molar-refractivity contribution is -0.122. The van der Waals surface area contributed by atoms with Gasteiger partial charge < -0.3 is 4.42 Å². The van der Waals surface area contributed by atoms with Crippen molar-refractivity contribution in [1.82, 2.24) is 5.32 Å². The smallest absolute Gasteiger partial charge is 0.270 e. The maximum atomic E-state index is 13.1. The zero-order chi connectivity index (χ0) is 20.5. The van der Waals surface area contributed by atoms with Crippen molar-refractivity contribution in [1.29, 1.82) is 0 Å². The van der Waals surface area contributed by atoms with Gasteiger partial charge in [-0.3, -0.25) is 19.8 Å². The number of nitrogens with zero attached hydrogens (tertiary/aromatic N) is 1. The molecule has 0 aliphatic carbocycles. The number of carbonyl (C=O) groups excluding carboxylic acids is 2. The van der Waals surface area contributed by atoms with Gasteiger partial charge in [-0.2, -0.15) is 0 Å². The van der Waals surface area contributed by atoms with Gasteiger partial charge in [-0.15, -0.1) is 0 Å². The first-order chi connectivity index (χ1) is 13.9. The number of rotatable bonds is 3. The van der Waals surface area contributed by atoms with Crippen molar-refractivity contribution < 1.29 is 18.4 Å². The minimum absolute atomic E-state index is 0.0208. The van der Waals surface area contributed by atoms with E-state index in [1.54, 1.807) is 36.4 Å². The molecule has 1 fully saturated rings. The fraction of sp³-hybridized carbons (Fsp3) is 0.0455. The maximum Gasteiger partial charge on any atom is 0.270 e. The lowest BCUT2D eigenvalue weighted by atomic mass is 10.1. The topological polar surface area (TPSA) is 62.6 Å². The minimum Gasteiger partial charge on any atom is -0.457 e. The summed E-state index contributed by atoms with van der Waals surface area (Å²) in [5.41, 5.74) is 2.17. The third kappa shape index (κ3) is 3.72. The lowest BCUT2D eigenvalue weighted by Gasteiger charge is -2.28. The molecular weight excluding hydrogens is 391 g/mol. The number of aryl methyl sites for hydroxylation is 1. The summed E-state index contributed by atoms with van der Waals surface area (Å²) in [5, 5.41) is 2.55. The van der Waals surface area contributed by atoms with Gasteiger partial charge in [0.15, 0.2) is 5.11 Å². The van der Waals surface area contributed by atoms with Gasteiger partial charge in [0.25, 0.3) is 11.8 Å². The van der Waals surface area contributed by atoms with Crippen molar-refractivity contribution in [2.75, 3.05) is 4.90 Å². The molecule has 0 spiro atoms. The Morgan fingerprint density at radius 2 is 1.69 bits per heavy atom. The molecule has 5 nitrogen and oxygen atoms in total. The zero-order valence-electron chi connectivity index (χ0n) is 15.3. The van der Waals surface area contributed by atoms with Gasteiger partial charge in [0.05, 0.1) is 5.69 Å². The summed E-state index contributed by atoms with van der Waals surface area (Å²) in [5.74, 6) is -0.671. The van der Waals surface area contributed by atoms with Crippen molar-refractivity contribution in [3.05, 3.63) is 83.4 Å². The van der Waals surface area contributed by atoms with Gasteiger partial charge in [0, 0.05) is 5.56 Å². The van der Waals surface area contributed by atoms with E-state index in [0.717, 1.165) is 5.56 Å². The van der Waals surface area contributed by atoms with Crippen LogP contribution in [0.5, 0.6) is 0 Å². The number of furan rings is 1. The van der Waals surface area contributed by atoms with Gasteiger partial charge in [-0.25, -0.2) is 4.39 Å². The molecule has 0 radical (unpaired) electrons. The molecule has 1 aliphatic rings. The molecule has 2 amide bonds. The van der Waals surface area contributed by atoms with Crippen LogP contribution >= 0.6 is 12.2 Å². The Morgan fingerprint density at radius 3 is 2.38 bits per heavy atom. The second-order valence-corrected chi connectivity index (χ2v) is 6.89. The van der Waals surface area contributed by atoms with Crippen molar-refractivity contribution in [2.24, 2.45) is 0 Å². The monoisotopic (exact) mass is 406 g/mol. The van der Waals surface area contributed by atoms with Crippen LogP contribution in [0.1, 0.15) is 11.3 Å². The number of thiocarbonyl (C=S) groups is 1. The van der Waals surface area contributed by atoms with Crippen LogP contribution < -0.4 is 10.2 Å². The van der Waals surface area contributed by atoms with Crippen LogP contribution in [-0.2, 0) is 9.59 Å². The Kier molecular flexibility index (Phi) is 4.82. The lowest BCUT2D eigenvalue weighted by Crippen LogP contribution is -2.54. The highest BCUT2D eigenvalue weighted by molar-refractivity contribution is 7.80. The number of carbonyl (C=O) groups is 2. The predicted molar refractivity (Wildman–Crippen MR) is 111 cm³/mol. The molecule has 0 saturated carbocycles. The van der Waals surface area contributed by atoms with Crippen LogP contribution in [0.4, 0.5) is 10.1 Å². The minimum atomic E-state index is -0.594. The van der Waals surface area contributed by atoms with Crippen LogP contribution in [0.2, 0.25) is 0 Å². The third-order valence-electron chi connectivity index (χ3n) is 4.44. The average Bonchev–Trinajstić information content (AvgIpc) is 3.16. The summed E-state index contributed by atoms with van der Waals surface area (Å²) in [6.45, 7) is 1.93. The number of amides is 2. The first-order valence-electron chi connectivity index (χ1n) is 8.76. The maximum absolute atomic E-state index is 13.1. The van der Waals surface area contributed by atoms with Crippen molar-refractivity contribution in [3.63, 3.8) is 0 Å². The SMILES string of the molecule is Cc1ccc(N2C(=O)/C(=C/c3ccc(-c4ccc(F)cc4)o3)C(=O)NC2=S)cc1. The quantitative estimate of drug-likeness (QED) is 0.402. The number of halogens is 1. The summed E-state index contributed by atoms with van der Waals surface area (Å²) < 4.78 is 18.8. The number of hydrogen-bond donors (Lipinski definition) is 1. The fourth-order valence-corrected chi connectivity index (χ4v) is 3.21. The van der Waals surface area contributed by atoms with Crippen LogP contribution in [0.25, 0.3) is 17.4 Å². The van der Waals surface area contributed by atoms with Gasteiger partial charge in [0.1, 0.15) is 22.9 Å². The molecule has 1 aliphatic heterocycles. The van der Waals surface area contributed by atoms with Crippen LogP contribution in [0, 0.1) is 12.7 Å². The van der Waals surface area contributed by atoms with Crippen molar-refractivity contribution in [3.8, 4) is 11.3 Å². The van der Waals surface area contributed by atoms with E-state index in [-0.39, 0.29) is 16.5 Å². The molecule has 3 aromatic rings. The van der Waals surface area contributed by atoms with E-state index < -0.39 is 11.8 Å². The summed E-state index contributed by atoms with van der Waals surface area (Å²) in [6.07, 6.45) is 1.37. The summed E-state index contributed by atoms with van der Waals surface area (Å²) in [4.78, 5) is 26.6. The van der Waals surface area contributed by atoms with Crippen LogP contribution in [0.15, 0.2) is 70.7 Å². The first-order valence-corrected chi connectivity index (χ1v) is 9.17. The van der Waals surface area contributed by atoms with E-state index in [1.807, 2.05) is 19.1 Å². The Labute approximate surface area is 171 Å². The predicted octanol–water partition coefficient (Wildman–Crippen LogP) is 4.23. The molecule has 4 rings (SSSR count). The van der Waals surface area contributed by atoms with Gasteiger partial charge in [0.2, 0.25) is 0 Å². The Balaban J connectivity index is 1.66. The number of nitrogens with one attached hydrogen (secondary N) is 1. The molecule has 1 N–H and O–H groups in total. The standard InChI is InChI=1S/C22H15FN2O3S/c1-13-2-8-16(9-3-13)25-21(27)18(20(26)24-22(25)29)12-17-10-11-19(28-17)14-4-6-15(23)7-5-14/h2-12H,1H3,(H,24,26,29)/b18-12+. The molecule has 0 atom stereocenters. The Hall–Kier alpha value is -3.58. The number of hydrogen-bond acceptors (Lipinski definition) is 4. The molecule has 144 valence electrons. The molecule has 0 unspecified atom stereocenters. The highest BCUT2D eigenvalue weighted by Gasteiger charge is 2.34. The highest BCUT2D eigenvalue weighted by Crippen LogP contribution is 2.26. The second-order valence-electron chi connectivity index (χ2n) is 6.50. The summed E-state index contributed by atoms with van der Waals surface area (Å²) >= 11 is 5.18. The van der Waals surface area contributed by atoms with Gasteiger partial charge >= 0.3 is 0 Å². The number of anilines is 1. The van der Waals surface area contributed by atoms with Gasteiger partial charge in [-0.05, 0) is 73.7 Å². The summed E-state index contributed by atoms with van der Waals surface area (Å²) in [7, 11) is 0. The zero-order valence-corrected chi connectivity index (χ0v) is 16.1. The summed E-state index contributed by atoms with van der Waals surface area (Å²) in [6, 6.07) is 16.4. The third-order valence-corrected chi connectivity index (χ3v) is 4.72. The Morgan fingerprint density at radius 1 is 1.00 bits per heavy atom. The van der Waals surface area contributed by atoms with E-state index in [4.69, 9.17) is 16.6 Å². The molecule has 0 bridgehead atoms. The molecule has 2 aromatic carbocycles. The van der Waals surface area contributed by atoms with E-state index in [0.29, 0.717) is 22.8 Å². The van der Waals surface area contributed by atoms with E-state index in [9.17, 15) is 14.0 Å². The van der Waals surface area contributed by atoms with Crippen molar-refractivity contribution in [2.45, 2.75) is 6.92 Å². The largest absolute Gasteiger partial charge is 0.457 e. The average molecular weight is 406 g/mol. The molecule has 29 heavy (non-hydrogen) atoms. The first kappa shape index (κ1) is 18.8. The van der Waals surface area contributed by atoms with Gasteiger partial charge in [-0.1, -0.05) is 17.7 Å². The van der Waals surface area contributed by atoms with Crippen LogP contribution in [-0.4, -0.2) is 16.9 Å². The molecule has 7 heteroatoms. The molecule has 1 aromatic heterocycles. The van der Waals surface area contributed by atoms with Crippen molar-refractivity contribution >= 4 is 40.9 Å². The molecule has 2 heterocycles. The normalized spacial score (nSPS) is 15.7. The van der Waals surface area contributed by atoms with Crippen LogP contribution in [0.3, 0.4) is 0 Å².